The van der Waals surface area contributed by atoms with Gasteiger partial charge in [0.1, 0.15) is 11.8 Å². The van der Waals surface area contributed by atoms with Gasteiger partial charge in [0.15, 0.2) is 0 Å². The van der Waals surface area contributed by atoms with Crippen LogP contribution in [0.25, 0.3) is 5.70 Å². The predicted octanol–water partition coefficient (Wildman–Crippen LogP) is 4.45. The Balaban J connectivity index is 1.53. The molecule has 0 bridgehead atoms. The van der Waals surface area contributed by atoms with Crippen LogP contribution in [0.1, 0.15) is 22.7 Å². The summed E-state index contributed by atoms with van der Waals surface area (Å²) in [5.41, 5.74) is 3.77. The van der Waals surface area contributed by atoms with Gasteiger partial charge in [-0.25, -0.2) is 17.8 Å². The minimum absolute atomic E-state index is 0.00991. The molecule has 0 saturated heterocycles. The zero-order valence-corrected chi connectivity index (χ0v) is 19.5. The summed E-state index contributed by atoms with van der Waals surface area (Å²) in [6, 6.07) is 23.8. The van der Waals surface area contributed by atoms with E-state index < -0.39 is 10.0 Å². The lowest BCUT2D eigenvalue weighted by atomic mass is 10.0. The molecule has 8 nitrogen and oxygen atoms in total. The monoisotopic (exact) mass is 473 g/mol. The summed E-state index contributed by atoms with van der Waals surface area (Å²) in [5.74, 6) is 1.17. The molecule has 1 atom stereocenters. The third-order valence-electron chi connectivity index (χ3n) is 5.56. The SMILES string of the molecule is COc1ccc([C@H]2C=C(c3ccccc3)Nc3nc(NS(=O)(=O)c4ccc(C)cc4)nn32)cc1. The van der Waals surface area contributed by atoms with Crippen molar-refractivity contribution < 1.29 is 13.2 Å². The van der Waals surface area contributed by atoms with Gasteiger partial charge in [-0.15, -0.1) is 5.10 Å². The number of aryl methyl sites for hydroxylation is 1. The van der Waals surface area contributed by atoms with E-state index in [9.17, 15) is 8.42 Å². The molecule has 1 aliphatic rings. The second kappa shape index (κ2) is 8.68. The number of rotatable bonds is 6. The Kier molecular flexibility index (Phi) is 5.54. The molecule has 3 aromatic carbocycles. The number of methoxy groups -OCH3 is 1. The van der Waals surface area contributed by atoms with Crippen LogP contribution < -0.4 is 14.8 Å². The van der Waals surface area contributed by atoms with Crippen molar-refractivity contribution >= 4 is 27.6 Å². The molecular weight excluding hydrogens is 450 g/mol. The highest BCUT2D eigenvalue weighted by Crippen LogP contribution is 2.34. The van der Waals surface area contributed by atoms with Gasteiger partial charge in [-0.05, 0) is 48.4 Å². The van der Waals surface area contributed by atoms with Crippen molar-refractivity contribution in [3.05, 3.63) is 102 Å². The second-order valence-electron chi connectivity index (χ2n) is 7.91. The van der Waals surface area contributed by atoms with Crippen LogP contribution in [-0.2, 0) is 10.0 Å². The number of hydrogen-bond acceptors (Lipinski definition) is 6. The molecule has 5 rings (SSSR count). The van der Waals surface area contributed by atoms with Crippen molar-refractivity contribution in [2.45, 2.75) is 17.9 Å². The number of ether oxygens (including phenoxy) is 1. The minimum atomic E-state index is -3.84. The lowest BCUT2D eigenvalue weighted by Gasteiger charge is -2.24. The number of benzene rings is 3. The summed E-state index contributed by atoms with van der Waals surface area (Å²) < 4.78 is 35.2. The fourth-order valence-electron chi connectivity index (χ4n) is 3.76. The summed E-state index contributed by atoms with van der Waals surface area (Å²) in [6.45, 7) is 1.90. The summed E-state index contributed by atoms with van der Waals surface area (Å²) in [7, 11) is -2.22. The van der Waals surface area contributed by atoms with Gasteiger partial charge >= 0.3 is 0 Å². The van der Waals surface area contributed by atoms with Gasteiger partial charge in [-0.2, -0.15) is 4.98 Å². The van der Waals surface area contributed by atoms with Crippen LogP contribution in [0.5, 0.6) is 5.75 Å². The van der Waals surface area contributed by atoms with E-state index in [2.05, 4.69) is 20.1 Å². The zero-order chi connectivity index (χ0) is 23.7. The molecule has 0 unspecified atom stereocenters. The standard InChI is InChI=1S/C25H23N5O3S/c1-17-8-14-21(15-9-17)34(31,32)29-24-27-25-26-22(18-6-4-3-5-7-18)16-23(30(25)28-24)19-10-12-20(33-2)13-11-19/h3-16,23H,1-2H3,(H2,26,27,28,29)/t23-/m1/s1. The second-order valence-corrected chi connectivity index (χ2v) is 9.59. The van der Waals surface area contributed by atoms with E-state index in [1.807, 2.05) is 67.6 Å². The van der Waals surface area contributed by atoms with Gasteiger partial charge in [0.05, 0.1) is 12.0 Å². The van der Waals surface area contributed by atoms with Crippen LogP contribution in [0.3, 0.4) is 0 Å². The first kappa shape index (κ1) is 21.7. The molecule has 0 radical (unpaired) electrons. The number of sulfonamides is 1. The van der Waals surface area contributed by atoms with Crippen molar-refractivity contribution in [3.8, 4) is 5.75 Å². The van der Waals surface area contributed by atoms with Crippen LogP contribution in [0.4, 0.5) is 11.9 Å². The van der Waals surface area contributed by atoms with Crippen LogP contribution >= 0.6 is 0 Å². The van der Waals surface area contributed by atoms with Crippen LogP contribution in [0.15, 0.2) is 89.8 Å². The maximum Gasteiger partial charge on any atom is 0.264 e. The Labute approximate surface area is 198 Å². The molecule has 2 heterocycles. The predicted molar refractivity (Wildman–Crippen MR) is 131 cm³/mol. The van der Waals surface area contributed by atoms with Crippen molar-refractivity contribution in [1.82, 2.24) is 14.8 Å². The minimum Gasteiger partial charge on any atom is -0.497 e. The molecular formula is C25H23N5O3S. The third-order valence-corrected chi connectivity index (χ3v) is 6.91. The highest BCUT2D eigenvalue weighted by Gasteiger charge is 2.27. The Morgan fingerprint density at radius 3 is 2.35 bits per heavy atom. The highest BCUT2D eigenvalue weighted by molar-refractivity contribution is 7.92. The molecule has 0 spiro atoms. The first-order chi connectivity index (χ1) is 16.4. The first-order valence-corrected chi connectivity index (χ1v) is 12.2. The molecule has 1 aromatic heterocycles. The van der Waals surface area contributed by atoms with Crippen molar-refractivity contribution in [1.29, 1.82) is 0 Å². The molecule has 0 amide bonds. The number of nitrogens with one attached hydrogen (secondary N) is 2. The average molecular weight is 474 g/mol. The summed E-state index contributed by atoms with van der Waals surface area (Å²) in [5, 5.41) is 7.76. The number of anilines is 2. The van der Waals surface area contributed by atoms with E-state index in [1.54, 1.807) is 36.1 Å². The number of fused-ring (bicyclic) bond motifs is 1. The lowest BCUT2D eigenvalue weighted by molar-refractivity contribution is 0.414. The van der Waals surface area contributed by atoms with E-state index in [1.165, 1.54) is 0 Å². The topological polar surface area (TPSA) is 98.1 Å². The molecule has 1 aliphatic heterocycles. The Hall–Kier alpha value is -4.11. The maximum absolute atomic E-state index is 12.9. The molecule has 0 aliphatic carbocycles. The van der Waals surface area contributed by atoms with Crippen LogP contribution in [0, 0.1) is 6.92 Å². The Morgan fingerprint density at radius 1 is 0.971 bits per heavy atom. The molecule has 172 valence electrons. The van der Waals surface area contributed by atoms with E-state index in [0.717, 1.165) is 28.1 Å². The first-order valence-electron chi connectivity index (χ1n) is 10.7. The number of aromatic nitrogens is 3. The zero-order valence-electron chi connectivity index (χ0n) is 18.6. The lowest BCUT2D eigenvalue weighted by Crippen LogP contribution is -2.20. The quantitative estimate of drug-likeness (QED) is 0.429. The highest BCUT2D eigenvalue weighted by atomic mass is 32.2. The van der Waals surface area contributed by atoms with Crippen LogP contribution in [0.2, 0.25) is 0 Å². The van der Waals surface area contributed by atoms with Gasteiger partial charge in [-0.1, -0.05) is 60.2 Å². The van der Waals surface area contributed by atoms with Crippen LogP contribution in [-0.4, -0.2) is 30.3 Å². The van der Waals surface area contributed by atoms with Gasteiger partial charge in [0.25, 0.3) is 16.0 Å². The van der Waals surface area contributed by atoms with Crippen molar-refractivity contribution in [3.63, 3.8) is 0 Å². The van der Waals surface area contributed by atoms with Gasteiger partial charge in [0.2, 0.25) is 5.95 Å². The largest absolute Gasteiger partial charge is 0.497 e. The van der Waals surface area contributed by atoms with Crippen molar-refractivity contribution in [2.24, 2.45) is 0 Å². The molecule has 2 N–H and O–H groups in total. The van der Waals surface area contributed by atoms with Crippen molar-refractivity contribution in [2.75, 3.05) is 17.1 Å². The summed E-state index contributed by atoms with van der Waals surface area (Å²) in [4.78, 5) is 4.60. The van der Waals surface area contributed by atoms with E-state index in [0.29, 0.717) is 5.95 Å². The van der Waals surface area contributed by atoms with Gasteiger partial charge < -0.3 is 10.1 Å². The summed E-state index contributed by atoms with van der Waals surface area (Å²) in [6.07, 6.45) is 2.04. The molecule has 0 saturated carbocycles. The normalized spacial score (nSPS) is 15.1. The number of allylic oxidation sites excluding steroid dienone is 1. The fraction of sp³-hybridized carbons (Fsp3) is 0.120. The van der Waals surface area contributed by atoms with E-state index >= 15 is 0 Å². The van der Waals surface area contributed by atoms with Gasteiger partial charge in [-0.3, -0.25) is 0 Å². The Morgan fingerprint density at radius 2 is 1.68 bits per heavy atom. The van der Waals surface area contributed by atoms with E-state index in [-0.39, 0.29) is 16.9 Å². The third kappa shape index (κ3) is 4.25. The Bertz CT molecular complexity index is 1440. The molecule has 0 fully saturated rings. The smallest absolute Gasteiger partial charge is 0.264 e. The molecule has 4 aromatic rings. The van der Waals surface area contributed by atoms with E-state index in [4.69, 9.17) is 4.74 Å². The maximum atomic E-state index is 12.9. The summed E-state index contributed by atoms with van der Waals surface area (Å²) >= 11 is 0. The van der Waals surface area contributed by atoms with Gasteiger partial charge in [0, 0.05) is 5.70 Å². The number of hydrogen-bond donors (Lipinski definition) is 2. The molecule has 34 heavy (non-hydrogen) atoms. The fourth-order valence-corrected chi connectivity index (χ4v) is 4.70. The molecule has 9 heteroatoms. The number of nitrogens with zero attached hydrogens (tertiary/aromatic N) is 3. The average Bonchev–Trinajstić information content (AvgIpc) is 3.26.